The van der Waals surface area contributed by atoms with Crippen molar-refractivity contribution in [2.45, 2.75) is 25.8 Å². The molecule has 2 nitrogen and oxygen atoms in total. The molecule has 0 radical (unpaired) electrons. The summed E-state index contributed by atoms with van der Waals surface area (Å²) in [6.45, 7) is 5.06. The highest BCUT2D eigenvalue weighted by molar-refractivity contribution is 5.85. The maximum absolute atomic E-state index is 5.26. The van der Waals surface area contributed by atoms with Crippen LogP contribution in [0.25, 0.3) is 0 Å². The van der Waals surface area contributed by atoms with Crippen molar-refractivity contribution < 1.29 is 4.74 Å². The van der Waals surface area contributed by atoms with Gasteiger partial charge in [0.1, 0.15) is 0 Å². The van der Waals surface area contributed by atoms with Gasteiger partial charge in [-0.05, 0) is 12.8 Å². The van der Waals surface area contributed by atoms with E-state index in [2.05, 4.69) is 12.2 Å². The molecule has 0 aromatic heterocycles. The Morgan fingerprint density at radius 2 is 2.30 bits per heavy atom. The lowest BCUT2D eigenvalue weighted by molar-refractivity contribution is 0.149. The molecule has 1 unspecified atom stereocenters. The van der Waals surface area contributed by atoms with Crippen LogP contribution in [0, 0.1) is 0 Å². The van der Waals surface area contributed by atoms with Gasteiger partial charge in [0.15, 0.2) is 0 Å². The maximum Gasteiger partial charge on any atom is 0.0591 e. The fourth-order valence-corrected chi connectivity index (χ4v) is 1.11. The van der Waals surface area contributed by atoms with E-state index < -0.39 is 0 Å². The first kappa shape index (κ1) is 10.2. The van der Waals surface area contributed by atoms with E-state index in [-0.39, 0.29) is 12.4 Å². The quantitative estimate of drug-likeness (QED) is 0.631. The second-order valence-corrected chi connectivity index (χ2v) is 2.46. The first-order chi connectivity index (χ1) is 4.43. The number of rotatable bonds is 1. The molecule has 0 aliphatic carbocycles. The first-order valence-electron chi connectivity index (χ1n) is 3.74. The van der Waals surface area contributed by atoms with Crippen molar-refractivity contribution in [2.75, 3.05) is 19.8 Å². The van der Waals surface area contributed by atoms with E-state index in [1.807, 2.05) is 0 Å². The van der Waals surface area contributed by atoms with Gasteiger partial charge in [0.2, 0.25) is 0 Å². The molecule has 1 atom stereocenters. The van der Waals surface area contributed by atoms with Crippen LogP contribution in [0.15, 0.2) is 0 Å². The fourth-order valence-electron chi connectivity index (χ4n) is 1.11. The van der Waals surface area contributed by atoms with Crippen LogP contribution in [0.1, 0.15) is 19.8 Å². The van der Waals surface area contributed by atoms with Crippen LogP contribution in [0.2, 0.25) is 0 Å². The summed E-state index contributed by atoms with van der Waals surface area (Å²) in [6.07, 6.45) is 2.40. The monoisotopic (exact) mass is 165 g/mol. The second kappa shape index (κ2) is 5.96. The highest BCUT2D eigenvalue weighted by Gasteiger charge is 2.07. The highest BCUT2D eigenvalue weighted by atomic mass is 35.5. The van der Waals surface area contributed by atoms with Gasteiger partial charge in [-0.3, -0.25) is 0 Å². The van der Waals surface area contributed by atoms with E-state index in [4.69, 9.17) is 4.74 Å². The van der Waals surface area contributed by atoms with Crippen LogP contribution < -0.4 is 5.32 Å². The Labute approximate surface area is 68.7 Å². The summed E-state index contributed by atoms with van der Waals surface area (Å²) in [5.74, 6) is 0. The minimum absolute atomic E-state index is 0. The Bertz CT molecular complexity index is 72.0. The maximum atomic E-state index is 5.26. The molecule has 1 rings (SSSR count). The van der Waals surface area contributed by atoms with Crippen LogP contribution in [0.5, 0.6) is 0 Å². The van der Waals surface area contributed by atoms with Crippen LogP contribution in [-0.4, -0.2) is 25.8 Å². The summed E-state index contributed by atoms with van der Waals surface area (Å²) >= 11 is 0. The smallest absolute Gasteiger partial charge is 0.0591 e. The van der Waals surface area contributed by atoms with Crippen molar-refractivity contribution in [1.82, 2.24) is 5.32 Å². The summed E-state index contributed by atoms with van der Waals surface area (Å²) in [5, 5.41) is 3.41. The zero-order chi connectivity index (χ0) is 6.53. The average Bonchev–Trinajstić information content (AvgIpc) is 2.13. The Morgan fingerprint density at radius 1 is 1.50 bits per heavy atom. The van der Waals surface area contributed by atoms with Gasteiger partial charge >= 0.3 is 0 Å². The van der Waals surface area contributed by atoms with Crippen molar-refractivity contribution >= 4 is 12.4 Å². The largest absolute Gasteiger partial charge is 0.380 e. The molecule has 1 aliphatic rings. The summed E-state index contributed by atoms with van der Waals surface area (Å²) < 4.78 is 5.26. The predicted octanol–water partition coefficient (Wildman–Crippen LogP) is 1.20. The lowest BCUT2D eigenvalue weighted by atomic mass is 10.2. The molecule has 1 N–H and O–H groups in total. The molecule has 1 saturated heterocycles. The van der Waals surface area contributed by atoms with Crippen molar-refractivity contribution in [3.8, 4) is 0 Å². The van der Waals surface area contributed by atoms with Crippen LogP contribution in [-0.2, 0) is 4.74 Å². The first-order valence-corrected chi connectivity index (χ1v) is 3.74. The van der Waals surface area contributed by atoms with Gasteiger partial charge in [-0.25, -0.2) is 0 Å². The Morgan fingerprint density at radius 3 is 3.00 bits per heavy atom. The number of ether oxygens (including phenoxy) is 1. The highest BCUT2D eigenvalue weighted by Crippen LogP contribution is 2.00. The van der Waals surface area contributed by atoms with Crippen LogP contribution in [0.3, 0.4) is 0 Å². The number of halogens is 1. The molecular weight excluding hydrogens is 150 g/mol. The van der Waals surface area contributed by atoms with E-state index in [0.717, 1.165) is 19.8 Å². The molecule has 1 aliphatic heterocycles. The fraction of sp³-hybridized carbons (Fsp3) is 1.00. The molecule has 3 heteroatoms. The third kappa shape index (κ3) is 3.40. The molecule has 0 saturated carbocycles. The van der Waals surface area contributed by atoms with Gasteiger partial charge in [-0.15, -0.1) is 12.4 Å². The van der Waals surface area contributed by atoms with Crippen molar-refractivity contribution in [2.24, 2.45) is 0 Å². The third-order valence-electron chi connectivity index (χ3n) is 1.78. The normalized spacial score (nSPS) is 26.7. The number of hydrogen-bond donors (Lipinski definition) is 1. The van der Waals surface area contributed by atoms with Crippen molar-refractivity contribution in [3.63, 3.8) is 0 Å². The Kier molecular flexibility index (Phi) is 6.08. The molecular formula is C7H16ClNO. The molecule has 0 bridgehead atoms. The minimum atomic E-state index is 0. The topological polar surface area (TPSA) is 21.3 Å². The van der Waals surface area contributed by atoms with Gasteiger partial charge in [-0.1, -0.05) is 6.92 Å². The lowest BCUT2D eigenvalue weighted by Gasteiger charge is -2.10. The van der Waals surface area contributed by atoms with Gasteiger partial charge < -0.3 is 10.1 Å². The van der Waals surface area contributed by atoms with Crippen molar-refractivity contribution in [1.29, 1.82) is 0 Å². The minimum Gasteiger partial charge on any atom is -0.380 e. The molecule has 0 aromatic rings. The van der Waals surface area contributed by atoms with Gasteiger partial charge in [0.05, 0.1) is 6.61 Å². The Hall–Kier alpha value is 0.210. The predicted molar refractivity (Wildman–Crippen MR) is 44.8 cm³/mol. The van der Waals surface area contributed by atoms with E-state index in [1.54, 1.807) is 0 Å². The van der Waals surface area contributed by atoms with E-state index >= 15 is 0 Å². The Balaban J connectivity index is 0.000000810. The summed E-state index contributed by atoms with van der Waals surface area (Å²) in [6, 6.07) is 0.701. The van der Waals surface area contributed by atoms with Gasteiger partial charge in [0, 0.05) is 19.2 Å². The van der Waals surface area contributed by atoms with E-state index in [0.29, 0.717) is 6.04 Å². The van der Waals surface area contributed by atoms with E-state index in [1.165, 1.54) is 12.8 Å². The molecule has 10 heavy (non-hydrogen) atoms. The number of hydrogen-bond acceptors (Lipinski definition) is 2. The molecule has 0 spiro atoms. The molecule has 0 aromatic carbocycles. The van der Waals surface area contributed by atoms with Crippen LogP contribution >= 0.6 is 12.4 Å². The molecule has 0 amide bonds. The number of nitrogens with one attached hydrogen (secondary N) is 1. The zero-order valence-electron chi connectivity index (χ0n) is 6.43. The molecule has 1 fully saturated rings. The standard InChI is InChI=1S/C7H15NO.ClH/c1-2-7-3-5-9-6-4-8-7;/h7-8H,2-6H2,1H3;1H. The summed E-state index contributed by atoms with van der Waals surface area (Å²) in [5.41, 5.74) is 0. The SMILES string of the molecule is CCC1CCOCCN1.Cl. The second-order valence-electron chi connectivity index (χ2n) is 2.46. The summed E-state index contributed by atoms with van der Waals surface area (Å²) in [4.78, 5) is 0. The summed E-state index contributed by atoms with van der Waals surface area (Å²) in [7, 11) is 0. The van der Waals surface area contributed by atoms with Crippen molar-refractivity contribution in [3.05, 3.63) is 0 Å². The molecule has 1 heterocycles. The van der Waals surface area contributed by atoms with Gasteiger partial charge in [0.25, 0.3) is 0 Å². The third-order valence-corrected chi connectivity index (χ3v) is 1.78. The lowest BCUT2D eigenvalue weighted by Crippen LogP contribution is -2.28. The zero-order valence-corrected chi connectivity index (χ0v) is 7.25. The average molecular weight is 166 g/mol. The molecule has 62 valence electrons. The van der Waals surface area contributed by atoms with Gasteiger partial charge in [-0.2, -0.15) is 0 Å². The van der Waals surface area contributed by atoms with Crippen LogP contribution in [0.4, 0.5) is 0 Å². The van der Waals surface area contributed by atoms with E-state index in [9.17, 15) is 0 Å².